The summed E-state index contributed by atoms with van der Waals surface area (Å²) in [6.45, 7) is 2.02. The highest BCUT2D eigenvalue weighted by atomic mass is 16.5. The Hall–Kier alpha value is -2.22. The van der Waals surface area contributed by atoms with Crippen molar-refractivity contribution in [1.29, 1.82) is 0 Å². The van der Waals surface area contributed by atoms with Gasteiger partial charge in [-0.1, -0.05) is 30.4 Å². The molecule has 18 heavy (non-hydrogen) atoms. The number of rotatable bonds is 3. The second-order valence-corrected chi connectivity index (χ2v) is 4.16. The fourth-order valence-corrected chi connectivity index (χ4v) is 1.83. The van der Waals surface area contributed by atoms with Crippen LogP contribution >= 0.6 is 0 Å². The van der Waals surface area contributed by atoms with E-state index in [1.54, 1.807) is 19.2 Å². The lowest BCUT2D eigenvalue weighted by Crippen LogP contribution is -1.86. The number of hydrogen-bond donors (Lipinski definition) is 1. The van der Waals surface area contributed by atoms with Gasteiger partial charge in [-0.05, 0) is 47.9 Å². The summed E-state index contributed by atoms with van der Waals surface area (Å²) in [5, 5.41) is 9.37. The van der Waals surface area contributed by atoms with Crippen LogP contribution in [-0.4, -0.2) is 12.2 Å². The Kier molecular flexibility index (Phi) is 3.68. The second kappa shape index (κ2) is 5.41. The van der Waals surface area contributed by atoms with Gasteiger partial charge in [-0.25, -0.2) is 0 Å². The van der Waals surface area contributed by atoms with Crippen molar-refractivity contribution in [3.05, 3.63) is 59.2 Å². The molecule has 1 N–H and O–H groups in total. The zero-order valence-corrected chi connectivity index (χ0v) is 10.6. The van der Waals surface area contributed by atoms with Gasteiger partial charge in [0.05, 0.1) is 7.11 Å². The van der Waals surface area contributed by atoms with E-state index in [9.17, 15) is 5.11 Å². The maximum Gasteiger partial charge on any atom is 0.121 e. The zero-order valence-electron chi connectivity index (χ0n) is 10.6. The number of phenolic OH excluding ortho intramolecular Hbond substituents is 1. The lowest BCUT2D eigenvalue weighted by atomic mass is 10.1. The van der Waals surface area contributed by atoms with Crippen LogP contribution in [0.3, 0.4) is 0 Å². The Labute approximate surface area is 107 Å². The molecule has 0 amide bonds. The highest BCUT2D eigenvalue weighted by Crippen LogP contribution is 2.20. The van der Waals surface area contributed by atoms with E-state index in [2.05, 4.69) is 6.07 Å². The molecule has 0 aromatic heterocycles. The highest BCUT2D eigenvalue weighted by molar-refractivity contribution is 5.70. The Morgan fingerprint density at radius 2 is 1.72 bits per heavy atom. The largest absolute Gasteiger partial charge is 0.508 e. The molecule has 0 saturated heterocycles. The van der Waals surface area contributed by atoms with Crippen LogP contribution in [-0.2, 0) is 0 Å². The average molecular weight is 240 g/mol. The third kappa shape index (κ3) is 2.92. The van der Waals surface area contributed by atoms with Crippen molar-refractivity contribution >= 4 is 12.2 Å². The predicted octanol–water partition coefficient (Wildman–Crippen LogP) is 3.88. The van der Waals surface area contributed by atoms with Gasteiger partial charge in [-0.15, -0.1) is 0 Å². The molecular formula is C16H16O2. The quantitative estimate of drug-likeness (QED) is 0.825. The summed E-state index contributed by atoms with van der Waals surface area (Å²) in [4.78, 5) is 0. The van der Waals surface area contributed by atoms with Crippen molar-refractivity contribution in [2.24, 2.45) is 0 Å². The molecule has 0 saturated carbocycles. The first-order chi connectivity index (χ1) is 8.69. The zero-order chi connectivity index (χ0) is 13.0. The molecule has 0 radical (unpaired) electrons. The van der Waals surface area contributed by atoms with Crippen molar-refractivity contribution in [3.8, 4) is 11.5 Å². The van der Waals surface area contributed by atoms with Crippen LogP contribution in [0.15, 0.2) is 42.5 Å². The average Bonchev–Trinajstić information content (AvgIpc) is 2.37. The van der Waals surface area contributed by atoms with E-state index in [-0.39, 0.29) is 5.75 Å². The van der Waals surface area contributed by atoms with Gasteiger partial charge in [-0.3, -0.25) is 0 Å². The molecule has 0 bridgehead atoms. The summed E-state index contributed by atoms with van der Waals surface area (Å²) in [7, 11) is 1.67. The summed E-state index contributed by atoms with van der Waals surface area (Å²) >= 11 is 0. The minimum atomic E-state index is 0.281. The number of methoxy groups -OCH3 is 1. The molecule has 0 aliphatic carbocycles. The standard InChI is InChI=1S/C16H16O2/c1-12-10-14(8-9-16(12)18-2)7-6-13-4-3-5-15(17)11-13/h3-11,17H,1-2H3/b7-6+. The summed E-state index contributed by atoms with van der Waals surface area (Å²) in [5.41, 5.74) is 3.19. The van der Waals surface area contributed by atoms with Crippen molar-refractivity contribution < 1.29 is 9.84 Å². The van der Waals surface area contributed by atoms with E-state index in [0.29, 0.717) is 0 Å². The van der Waals surface area contributed by atoms with Gasteiger partial charge in [0, 0.05) is 0 Å². The Bertz CT molecular complexity index is 571. The maximum atomic E-state index is 9.37. The lowest BCUT2D eigenvalue weighted by molar-refractivity contribution is 0.411. The van der Waals surface area contributed by atoms with E-state index in [1.165, 1.54) is 0 Å². The lowest BCUT2D eigenvalue weighted by Gasteiger charge is -2.04. The first-order valence-electron chi connectivity index (χ1n) is 5.81. The fourth-order valence-electron chi connectivity index (χ4n) is 1.83. The van der Waals surface area contributed by atoms with Crippen LogP contribution in [0.1, 0.15) is 16.7 Å². The summed E-state index contributed by atoms with van der Waals surface area (Å²) in [5.74, 6) is 1.17. The van der Waals surface area contributed by atoms with Gasteiger partial charge in [0.15, 0.2) is 0 Å². The topological polar surface area (TPSA) is 29.5 Å². The van der Waals surface area contributed by atoms with Gasteiger partial charge in [-0.2, -0.15) is 0 Å². The maximum absolute atomic E-state index is 9.37. The third-order valence-electron chi connectivity index (χ3n) is 2.76. The Morgan fingerprint density at radius 1 is 1.00 bits per heavy atom. The van der Waals surface area contributed by atoms with Gasteiger partial charge in [0.1, 0.15) is 11.5 Å². The molecule has 92 valence electrons. The fraction of sp³-hybridized carbons (Fsp3) is 0.125. The molecule has 0 atom stereocenters. The molecule has 0 aliphatic rings. The van der Waals surface area contributed by atoms with Crippen molar-refractivity contribution in [2.45, 2.75) is 6.92 Å². The number of ether oxygens (including phenoxy) is 1. The van der Waals surface area contributed by atoms with E-state index < -0.39 is 0 Å². The van der Waals surface area contributed by atoms with Crippen LogP contribution in [0.5, 0.6) is 11.5 Å². The van der Waals surface area contributed by atoms with Gasteiger partial charge in [0.2, 0.25) is 0 Å². The van der Waals surface area contributed by atoms with E-state index in [1.807, 2.05) is 43.3 Å². The third-order valence-corrected chi connectivity index (χ3v) is 2.76. The predicted molar refractivity (Wildman–Crippen MR) is 74.8 cm³/mol. The van der Waals surface area contributed by atoms with Crippen molar-refractivity contribution in [2.75, 3.05) is 7.11 Å². The van der Waals surface area contributed by atoms with Crippen LogP contribution in [0.25, 0.3) is 12.2 Å². The molecular weight excluding hydrogens is 224 g/mol. The van der Waals surface area contributed by atoms with Gasteiger partial charge >= 0.3 is 0 Å². The smallest absolute Gasteiger partial charge is 0.121 e. The minimum absolute atomic E-state index is 0.281. The number of aromatic hydroxyl groups is 1. The summed E-state index contributed by atoms with van der Waals surface area (Å²) in [6, 6.07) is 13.2. The molecule has 0 unspecified atom stereocenters. The van der Waals surface area contributed by atoms with Crippen molar-refractivity contribution in [1.82, 2.24) is 0 Å². The van der Waals surface area contributed by atoms with E-state index in [4.69, 9.17) is 4.74 Å². The molecule has 0 fully saturated rings. The monoisotopic (exact) mass is 240 g/mol. The first-order valence-corrected chi connectivity index (χ1v) is 5.81. The molecule has 0 heterocycles. The normalized spacial score (nSPS) is 10.8. The van der Waals surface area contributed by atoms with Gasteiger partial charge < -0.3 is 9.84 Å². The van der Waals surface area contributed by atoms with Crippen LogP contribution in [0, 0.1) is 6.92 Å². The van der Waals surface area contributed by atoms with E-state index >= 15 is 0 Å². The van der Waals surface area contributed by atoms with E-state index in [0.717, 1.165) is 22.4 Å². The SMILES string of the molecule is COc1ccc(/C=C/c2cccc(O)c2)cc1C. The summed E-state index contributed by atoms with van der Waals surface area (Å²) in [6.07, 6.45) is 3.99. The number of benzene rings is 2. The molecule has 2 nitrogen and oxygen atoms in total. The van der Waals surface area contributed by atoms with Crippen LogP contribution < -0.4 is 4.74 Å². The number of hydrogen-bond acceptors (Lipinski definition) is 2. The minimum Gasteiger partial charge on any atom is -0.508 e. The van der Waals surface area contributed by atoms with Crippen molar-refractivity contribution in [3.63, 3.8) is 0 Å². The first kappa shape index (κ1) is 12.2. The van der Waals surface area contributed by atoms with Gasteiger partial charge in [0.25, 0.3) is 0 Å². The molecule has 2 aromatic rings. The molecule has 0 spiro atoms. The van der Waals surface area contributed by atoms with Crippen LogP contribution in [0.4, 0.5) is 0 Å². The molecule has 2 rings (SSSR count). The molecule has 2 heteroatoms. The summed E-state index contributed by atoms with van der Waals surface area (Å²) < 4.78 is 5.22. The Balaban J connectivity index is 2.21. The molecule has 2 aromatic carbocycles. The highest BCUT2D eigenvalue weighted by Gasteiger charge is 1.97. The second-order valence-electron chi connectivity index (χ2n) is 4.16. The number of phenols is 1. The number of aryl methyl sites for hydroxylation is 1. The molecule has 0 aliphatic heterocycles. The Morgan fingerprint density at radius 3 is 2.33 bits per heavy atom. The van der Waals surface area contributed by atoms with Crippen LogP contribution in [0.2, 0.25) is 0 Å².